The van der Waals surface area contributed by atoms with E-state index in [0.29, 0.717) is 24.7 Å². The topological polar surface area (TPSA) is 112 Å². The quantitative estimate of drug-likeness (QED) is 0.484. The summed E-state index contributed by atoms with van der Waals surface area (Å²) in [5, 5.41) is 11.5. The van der Waals surface area contributed by atoms with Crippen LogP contribution in [0.1, 0.15) is 13.8 Å². The van der Waals surface area contributed by atoms with Crippen LogP contribution in [0.3, 0.4) is 0 Å². The van der Waals surface area contributed by atoms with E-state index in [1.54, 1.807) is 18.2 Å². The van der Waals surface area contributed by atoms with Gasteiger partial charge in [0.25, 0.3) is 5.56 Å². The average Bonchev–Trinajstić information content (AvgIpc) is 2.61. The number of carboxylic acid groups (broad SMARTS) is 1. The third-order valence-corrected chi connectivity index (χ3v) is 3.47. The smallest absolute Gasteiger partial charge is 0.404 e. The Balaban J connectivity index is 2.24. The fourth-order valence-corrected chi connectivity index (χ4v) is 2.39. The van der Waals surface area contributed by atoms with Gasteiger partial charge >= 0.3 is 6.09 Å². The summed E-state index contributed by atoms with van der Waals surface area (Å²) in [7, 11) is 0. The molecule has 0 bridgehead atoms. The van der Waals surface area contributed by atoms with E-state index in [2.05, 4.69) is 10.3 Å². The zero-order valence-corrected chi connectivity index (χ0v) is 14.8. The molecule has 26 heavy (non-hydrogen) atoms. The first kappa shape index (κ1) is 19.7. The van der Waals surface area contributed by atoms with Crippen molar-refractivity contribution in [1.82, 2.24) is 14.9 Å². The van der Waals surface area contributed by atoms with Crippen LogP contribution in [-0.4, -0.2) is 53.4 Å². The van der Waals surface area contributed by atoms with Crippen LogP contribution in [0.5, 0.6) is 5.88 Å². The monoisotopic (exact) mass is 365 g/mol. The number of amides is 1. The highest BCUT2D eigenvalue weighted by Gasteiger charge is 2.14. The third kappa shape index (κ3) is 5.43. The SMILES string of the molecule is CCOC(Cn1c(=O)ccc2ccc(OCCNC(=O)O)nc21)OCC. The summed E-state index contributed by atoms with van der Waals surface area (Å²) in [5.74, 6) is 0.299. The van der Waals surface area contributed by atoms with E-state index in [4.69, 9.17) is 19.3 Å². The molecule has 2 N–H and O–H groups in total. The summed E-state index contributed by atoms with van der Waals surface area (Å²) in [4.78, 5) is 27.1. The van der Waals surface area contributed by atoms with Gasteiger partial charge in [-0.25, -0.2) is 4.79 Å². The number of hydrogen-bond donors (Lipinski definition) is 2. The van der Waals surface area contributed by atoms with Crippen molar-refractivity contribution in [1.29, 1.82) is 0 Å². The average molecular weight is 365 g/mol. The Morgan fingerprint density at radius 1 is 1.23 bits per heavy atom. The second-order valence-corrected chi connectivity index (χ2v) is 5.27. The molecule has 2 heterocycles. The molecular formula is C17H23N3O6. The molecule has 2 rings (SSSR count). The lowest BCUT2D eigenvalue weighted by molar-refractivity contribution is -0.143. The number of ether oxygens (including phenoxy) is 3. The summed E-state index contributed by atoms with van der Waals surface area (Å²) in [5.41, 5.74) is 0.227. The predicted molar refractivity (Wildman–Crippen MR) is 94.6 cm³/mol. The molecule has 2 aromatic rings. The molecule has 0 aliphatic rings. The van der Waals surface area contributed by atoms with Crippen molar-refractivity contribution >= 4 is 17.1 Å². The van der Waals surface area contributed by atoms with Gasteiger partial charge in [0.2, 0.25) is 5.88 Å². The van der Waals surface area contributed by atoms with E-state index in [-0.39, 0.29) is 25.3 Å². The Hall–Kier alpha value is -2.65. The lowest BCUT2D eigenvalue weighted by Gasteiger charge is -2.19. The highest BCUT2D eigenvalue weighted by Crippen LogP contribution is 2.16. The standard InChI is InChI=1S/C17H23N3O6/c1-3-24-15(25-4-2)11-20-14(21)8-6-12-5-7-13(19-16(12)20)26-10-9-18-17(22)23/h5-8,15,18H,3-4,9-11H2,1-2H3,(H,22,23). The van der Waals surface area contributed by atoms with E-state index < -0.39 is 12.4 Å². The van der Waals surface area contributed by atoms with Crippen LogP contribution in [0.15, 0.2) is 29.1 Å². The third-order valence-electron chi connectivity index (χ3n) is 3.47. The zero-order valence-electron chi connectivity index (χ0n) is 14.8. The van der Waals surface area contributed by atoms with Crippen LogP contribution < -0.4 is 15.6 Å². The fourth-order valence-electron chi connectivity index (χ4n) is 2.39. The number of nitrogens with one attached hydrogen (secondary N) is 1. The summed E-state index contributed by atoms with van der Waals surface area (Å²) in [6.45, 7) is 5.09. The van der Waals surface area contributed by atoms with Crippen molar-refractivity contribution in [3.05, 3.63) is 34.6 Å². The molecule has 0 aromatic carbocycles. The number of carbonyl (C=O) groups is 1. The van der Waals surface area contributed by atoms with Crippen molar-refractivity contribution in [3.8, 4) is 5.88 Å². The van der Waals surface area contributed by atoms with Gasteiger partial charge < -0.3 is 24.6 Å². The van der Waals surface area contributed by atoms with Crippen molar-refractivity contribution in [3.63, 3.8) is 0 Å². The van der Waals surface area contributed by atoms with Gasteiger partial charge in [-0.15, -0.1) is 0 Å². The maximum Gasteiger partial charge on any atom is 0.404 e. The lowest BCUT2D eigenvalue weighted by atomic mass is 10.3. The molecule has 1 amide bonds. The largest absolute Gasteiger partial charge is 0.476 e. The van der Waals surface area contributed by atoms with E-state index in [9.17, 15) is 9.59 Å². The molecule has 9 heteroatoms. The van der Waals surface area contributed by atoms with Crippen LogP contribution in [0.4, 0.5) is 4.79 Å². The summed E-state index contributed by atoms with van der Waals surface area (Å²) in [6, 6.07) is 6.61. The second kappa shape index (κ2) is 9.73. The van der Waals surface area contributed by atoms with Gasteiger partial charge in [-0.2, -0.15) is 4.98 Å². The zero-order chi connectivity index (χ0) is 18.9. The molecule has 0 unspecified atom stereocenters. The number of pyridine rings is 2. The van der Waals surface area contributed by atoms with Crippen molar-refractivity contribution < 1.29 is 24.1 Å². The molecule has 0 saturated heterocycles. The van der Waals surface area contributed by atoms with Crippen LogP contribution in [0.2, 0.25) is 0 Å². The van der Waals surface area contributed by atoms with Crippen molar-refractivity contribution in [2.75, 3.05) is 26.4 Å². The predicted octanol–water partition coefficient (Wildman–Crippen LogP) is 1.44. The van der Waals surface area contributed by atoms with E-state index in [0.717, 1.165) is 5.39 Å². The highest BCUT2D eigenvalue weighted by molar-refractivity contribution is 5.75. The molecule has 9 nitrogen and oxygen atoms in total. The highest BCUT2D eigenvalue weighted by atomic mass is 16.7. The Morgan fingerprint density at radius 2 is 1.92 bits per heavy atom. The number of fused-ring (bicyclic) bond motifs is 1. The minimum Gasteiger partial charge on any atom is -0.476 e. The Bertz CT molecular complexity index is 786. The molecule has 0 saturated carbocycles. The Labute approximate surface area is 150 Å². The van der Waals surface area contributed by atoms with Crippen LogP contribution >= 0.6 is 0 Å². The maximum atomic E-state index is 12.3. The van der Waals surface area contributed by atoms with Gasteiger partial charge in [-0.05, 0) is 26.0 Å². The van der Waals surface area contributed by atoms with Gasteiger partial charge in [-0.3, -0.25) is 9.36 Å². The molecule has 0 aliphatic carbocycles. The molecule has 0 fully saturated rings. The minimum atomic E-state index is -1.12. The van der Waals surface area contributed by atoms with Gasteiger partial charge in [0.05, 0.1) is 13.1 Å². The van der Waals surface area contributed by atoms with Gasteiger partial charge in [0.1, 0.15) is 12.3 Å². The van der Waals surface area contributed by atoms with Gasteiger partial charge in [-0.1, -0.05) is 0 Å². The van der Waals surface area contributed by atoms with Crippen molar-refractivity contribution in [2.45, 2.75) is 26.7 Å². The summed E-state index contributed by atoms with van der Waals surface area (Å²) in [6.07, 6.45) is -1.67. The Kier molecular flexibility index (Phi) is 7.37. The number of aromatic nitrogens is 2. The molecule has 0 atom stereocenters. The normalized spacial score (nSPS) is 11.0. The first-order chi connectivity index (χ1) is 12.5. The van der Waals surface area contributed by atoms with Crippen LogP contribution in [0, 0.1) is 0 Å². The number of nitrogens with zero attached hydrogens (tertiary/aromatic N) is 2. The Morgan fingerprint density at radius 3 is 2.58 bits per heavy atom. The fraction of sp³-hybridized carbons (Fsp3) is 0.471. The van der Waals surface area contributed by atoms with Gasteiger partial charge in [0.15, 0.2) is 6.29 Å². The molecule has 0 aliphatic heterocycles. The molecule has 0 radical (unpaired) electrons. The van der Waals surface area contributed by atoms with Gasteiger partial charge in [0, 0.05) is 30.7 Å². The van der Waals surface area contributed by atoms with Crippen molar-refractivity contribution in [2.24, 2.45) is 0 Å². The second-order valence-electron chi connectivity index (χ2n) is 5.27. The first-order valence-electron chi connectivity index (χ1n) is 8.38. The first-order valence-corrected chi connectivity index (χ1v) is 8.38. The minimum absolute atomic E-state index is 0.127. The molecule has 2 aromatic heterocycles. The lowest BCUT2D eigenvalue weighted by Crippen LogP contribution is -2.30. The summed E-state index contributed by atoms with van der Waals surface area (Å²) >= 11 is 0. The molecule has 0 spiro atoms. The van der Waals surface area contributed by atoms with E-state index in [1.807, 2.05) is 13.8 Å². The maximum absolute atomic E-state index is 12.3. The van der Waals surface area contributed by atoms with Crippen LogP contribution in [0.25, 0.3) is 11.0 Å². The summed E-state index contributed by atoms with van der Waals surface area (Å²) < 4.78 is 18.0. The molecular weight excluding hydrogens is 342 g/mol. The molecule has 142 valence electrons. The number of rotatable bonds is 10. The van der Waals surface area contributed by atoms with E-state index in [1.165, 1.54) is 10.6 Å². The number of hydrogen-bond acceptors (Lipinski definition) is 6. The van der Waals surface area contributed by atoms with E-state index >= 15 is 0 Å². The van der Waals surface area contributed by atoms with Crippen LogP contribution in [-0.2, 0) is 16.0 Å².